The molecule has 0 aromatic heterocycles. The van der Waals surface area contributed by atoms with E-state index in [1.807, 2.05) is 36.1 Å². The van der Waals surface area contributed by atoms with Gasteiger partial charge in [0.1, 0.15) is 11.8 Å². The number of rotatable bonds is 7. The zero-order valence-electron chi connectivity index (χ0n) is 14.5. The summed E-state index contributed by atoms with van der Waals surface area (Å²) < 4.78 is 5.41. The van der Waals surface area contributed by atoms with Crippen molar-refractivity contribution in [2.24, 2.45) is 5.73 Å². The third-order valence-electron chi connectivity index (χ3n) is 4.50. The summed E-state index contributed by atoms with van der Waals surface area (Å²) in [5.41, 5.74) is 6.32. The van der Waals surface area contributed by atoms with E-state index < -0.39 is 12.1 Å². The van der Waals surface area contributed by atoms with Crippen LogP contribution in [0.4, 0.5) is 4.79 Å². The van der Waals surface area contributed by atoms with Gasteiger partial charge in [-0.1, -0.05) is 31.5 Å². The monoisotopic (exact) mass is 333 g/mol. The lowest BCUT2D eigenvalue weighted by Gasteiger charge is -2.29. The third kappa shape index (κ3) is 4.40. The van der Waals surface area contributed by atoms with Gasteiger partial charge < -0.3 is 20.7 Å². The molecule has 2 rings (SSSR count). The topological polar surface area (TPSA) is 84.7 Å². The molecule has 1 aromatic carbocycles. The fourth-order valence-electron chi connectivity index (χ4n) is 3.38. The Kier molecular flexibility index (Phi) is 6.46. The van der Waals surface area contributed by atoms with E-state index in [0.717, 1.165) is 43.5 Å². The first-order valence-electron chi connectivity index (χ1n) is 8.55. The van der Waals surface area contributed by atoms with Crippen LogP contribution in [0.15, 0.2) is 24.3 Å². The van der Waals surface area contributed by atoms with Crippen molar-refractivity contribution >= 4 is 11.9 Å². The number of methoxy groups -OCH3 is 1. The molecule has 1 saturated heterocycles. The second-order valence-electron chi connectivity index (χ2n) is 6.19. The number of likely N-dealkylation sites (tertiary alicyclic amines) is 1. The van der Waals surface area contributed by atoms with Crippen LogP contribution in [0.5, 0.6) is 5.75 Å². The molecule has 1 aliphatic rings. The van der Waals surface area contributed by atoms with Gasteiger partial charge >= 0.3 is 6.03 Å². The molecule has 0 spiro atoms. The first kappa shape index (κ1) is 18.1. The Bertz CT molecular complexity index is 576. The number of nitrogens with zero attached hydrogens (tertiary/aromatic N) is 1. The molecule has 0 radical (unpaired) electrons. The van der Waals surface area contributed by atoms with E-state index in [1.54, 1.807) is 7.11 Å². The van der Waals surface area contributed by atoms with Crippen molar-refractivity contribution < 1.29 is 14.3 Å². The maximum absolute atomic E-state index is 12.9. The van der Waals surface area contributed by atoms with Crippen LogP contribution in [0.1, 0.15) is 38.2 Å². The fraction of sp³-hybridized carbons (Fsp3) is 0.556. The van der Waals surface area contributed by atoms with Crippen molar-refractivity contribution in [1.29, 1.82) is 0 Å². The van der Waals surface area contributed by atoms with Gasteiger partial charge in [-0.3, -0.25) is 4.79 Å². The predicted octanol–water partition coefficient (Wildman–Crippen LogP) is 2.07. The molecule has 0 saturated carbocycles. The van der Waals surface area contributed by atoms with Gasteiger partial charge in [-0.25, -0.2) is 4.79 Å². The number of hydrogen-bond acceptors (Lipinski definition) is 3. The summed E-state index contributed by atoms with van der Waals surface area (Å²) in [6.45, 7) is 2.71. The summed E-state index contributed by atoms with van der Waals surface area (Å²) in [4.78, 5) is 25.9. The molecule has 1 aromatic rings. The summed E-state index contributed by atoms with van der Waals surface area (Å²) in [5.74, 6) is 0.810. The van der Waals surface area contributed by atoms with Crippen molar-refractivity contribution in [3.63, 3.8) is 0 Å². The van der Waals surface area contributed by atoms with E-state index in [4.69, 9.17) is 10.5 Å². The second-order valence-corrected chi connectivity index (χ2v) is 6.19. The lowest BCUT2D eigenvalue weighted by atomic mass is 10.0. The Morgan fingerprint density at radius 3 is 2.83 bits per heavy atom. The minimum absolute atomic E-state index is 0.0342. The molecule has 0 aliphatic carbocycles. The first-order chi connectivity index (χ1) is 11.6. The van der Waals surface area contributed by atoms with Gasteiger partial charge in [0.25, 0.3) is 0 Å². The molecule has 0 bridgehead atoms. The Balaban J connectivity index is 2.11. The number of ether oxygens (including phenoxy) is 1. The number of primary amides is 1. The van der Waals surface area contributed by atoms with Gasteiger partial charge in [-0.15, -0.1) is 0 Å². The number of urea groups is 1. The number of nitrogens with two attached hydrogens (primary N) is 1. The second kappa shape index (κ2) is 8.57. The smallest absolute Gasteiger partial charge is 0.312 e. The van der Waals surface area contributed by atoms with Gasteiger partial charge in [0.05, 0.1) is 7.11 Å². The Morgan fingerprint density at radius 1 is 1.42 bits per heavy atom. The largest absolute Gasteiger partial charge is 0.496 e. The number of para-hydroxylation sites is 1. The maximum atomic E-state index is 12.9. The van der Waals surface area contributed by atoms with Crippen molar-refractivity contribution in [2.45, 2.75) is 51.1 Å². The molecular weight excluding hydrogens is 306 g/mol. The van der Waals surface area contributed by atoms with Gasteiger partial charge in [0.2, 0.25) is 5.91 Å². The van der Waals surface area contributed by atoms with Crippen LogP contribution in [-0.4, -0.2) is 42.6 Å². The molecule has 6 nitrogen and oxygen atoms in total. The maximum Gasteiger partial charge on any atom is 0.312 e. The molecule has 1 heterocycles. The van der Waals surface area contributed by atoms with Gasteiger partial charge in [-0.2, -0.15) is 0 Å². The highest BCUT2D eigenvalue weighted by molar-refractivity contribution is 5.87. The van der Waals surface area contributed by atoms with Crippen LogP contribution >= 0.6 is 0 Å². The predicted molar refractivity (Wildman–Crippen MR) is 92.8 cm³/mol. The Hall–Kier alpha value is -2.24. The van der Waals surface area contributed by atoms with Crippen LogP contribution < -0.4 is 15.8 Å². The summed E-state index contributed by atoms with van der Waals surface area (Å²) in [7, 11) is 1.66. The Labute approximate surface area is 143 Å². The van der Waals surface area contributed by atoms with Crippen LogP contribution in [0.2, 0.25) is 0 Å². The van der Waals surface area contributed by atoms with Gasteiger partial charge in [0.15, 0.2) is 0 Å². The molecule has 1 fully saturated rings. The molecular formula is C18H27N3O3. The number of nitrogens with one attached hydrogen (secondary N) is 1. The molecule has 2 unspecified atom stereocenters. The highest BCUT2D eigenvalue weighted by Gasteiger charge is 2.33. The average molecular weight is 333 g/mol. The highest BCUT2D eigenvalue weighted by atomic mass is 16.5. The number of amides is 3. The van der Waals surface area contributed by atoms with Crippen molar-refractivity contribution in [3.8, 4) is 5.75 Å². The zero-order valence-corrected chi connectivity index (χ0v) is 14.5. The number of benzene rings is 1. The quantitative estimate of drug-likeness (QED) is 0.801. The summed E-state index contributed by atoms with van der Waals surface area (Å²) in [6.07, 6.45) is 4.09. The lowest BCUT2D eigenvalue weighted by molar-refractivity contribution is -0.134. The molecule has 24 heavy (non-hydrogen) atoms. The normalized spacial score (nSPS) is 18.2. The average Bonchev–Trinajstić information content (AvgIpc) is 3.02. The fourth-order valence-corrected chi connectivity index (χ4v) is 3.38. The zero-order chi connectivity index (χ0) is 17.5. The van der Waals surface area contributed by atoms with E-state index in [9.17, 15) is 9.59 Å². The minimum Gasteiger partial charge on any atom is -0.496 e. The van der Waals surface area contributed by atoms with Crippen LogP contribution in [0.3, 0.4) is 0 Å². The molecule has 1 aliphatic heterocycles. The summed E-state index contributed by atoms with van der Waals surface area (Å²) in [6, 6.07) is 6.83. The van der Waals surface area contributed by atoms with Gasteiger partial charge in [0, 0.05) is 12.6 Å². The Morgan fingerprint density at radius 2 is 2.17 bits per heavy atom. The molecule has 3 N–H and O–H groups in total. The van der Waals surface area contributed by atoms with E-state index in [2.05, 4.69) is 5.32 Å². The molecule has 132 valence electrons. The minimum atomic E-state index is -0.651. The van der Waals surface area contributed by atoms with E-state index in [1.165, 1.54) is 0 Å². The highest BCUT2D eigenvalue weighted by Crippen LogP contribution is 2.26. The van der Waals surface area contributed by atoms with Crippen molar-refractivity contribution in [1.82, 2.24) is 10.2 Å². The van der Waals surface area contributed by atoms with Crippen LogP contribution in [0.25, 0.3) is 0 Å². The molecule has 6 heteroatoms. The van der Waals surface area contributed by atoms with Gasteiger partial charge in [-0.05, 0) is 37.3 Å². The molecule has 2 atom stereocenters. The van der Waals surface area contributed by atoms with Crippen LogP contribution in [-0.2, 0) is 11.2 Å². The lowest BCUT2D eigenvalue weighted by Crippen LogP contribution is -2.51. The van der Waals surface area contributed by atoms with Crippen LogP contribution in [0, 0.1) is 0 Å². The van der Waals surface area contributed by atoms with Crippen molar-refractivity contribution in [2.75, 3.05) is 13.7 Å². The first-order valence-corrected chi connectivity index (χ1v) is 8.55. The summed E-state index contributed by atoms with van der Waals surface area (Å²) >= 11 is 0. The van der Waals surface area contributed by atoms with E-state index >= 15 is 0 Å². The number of hydrogen-bond donors (Lipinski definition) is 2. The SMILES string of the molecule is CCCC(NC(N)=O)C(=O)N1CCCC1Cc1ccccc1OC. The van der Waals surface area contributed by atoms with E-state index in [-0.39, 0.29) is 11.9 Å². The number of carbonyl (C=O) groups excluding carboxylic acids is 2. The third-order valence-corrected chi connectivity index (χ3v) is 4.50. The van der Waals surface area contributed by atoms with Crippen molar-refractivity contribution in [3.05, 3.63) is 29.8 Å². The molecule has 3 amide bonds. The summed E-state index contributed by atoms with van der Waals surface area (Å²) in [5, 5.41) is 2.59. The van der Waals surface area contributed by atoms with E-state index in [0.29, 0.717) is 6.42 Å². The standard InChI is InChI=1S/C18H27N3O3/c1-3-7-15(20-18(19)23)17(22)21-11-6-9-14(21)12-13-8-4-5-10-16(13)24-2/h4-5,8,10,14-15H,3,6-7,9,11-12H2,1-2H3,(H3,19,20,23). The number of carbonyl (C=O) groups is 2.